The molecule has 3 rings (SSSR count). The first-order chi connectivity index (χ1) is 11.9. The summed E-state index contributed by atoms with van der Waals surface area (Å²) < 4.78 is 26.9. The van der Waals surface area contributed by atoms with E-state index in [1.165, 1.54) is 27.6 Å². The van der Waals surface area contributed by atoms with Crippen molar-refractivity contribution < 1.29 is 18.3 Å². The lowest BCUT2D eigenvalue weighted by Crippen LogP contribution is -2.37. The molecule has 0 atom stereocenters. The number of benzene rings is 1. The molecule has 0 aliphatic carbocycles. The summed E-state index contributed by atoms with van der Waals surface area (Å²) in [6.45, 7) is 0.521. The third-order valence-electron chi connectivity index (χ3n) is 4.23. The molecule has 1 amide bonds. The Morgan fingerprint density at radius 3 is 2.88 bits per heavy atom. The molecular formula is C16H19N3O4S2. The maximum Gasteiger partial charge on any atom is 0.248 e. The number of hydrogen-bond acceptors (Lipinski definition) is 6. The van der Waals surface area contributed by atoms with Gasteiger partial charge in [-0.15, -0.1) is 11.3 Å². The predicted molar refractivity (Wildman–Crippen MR) is 93.4 cm³/mol. The fourth-order valence-electron chi connectivity index (χ4n) is 2.79. The molecule has 1 aromatic heterocycles. The normalized spacial score (nSPS) is 14.6. The molecule has 7 nitrogen and oxygen atoms in total. The van der Waals surface area contributed by atoms with Crippen LogP contribution in [-0.2, 0) is 34.3 Å². The first-order valence-corrected chi connectivity index (χ1v) is 10.1. The summed E-state index contributed by atoms with van der Waals surface area (Å²) in [7, 11) is -2.12. The van der Waals surface area contributed by atoms with Crippen molar-refractivity contribution in [2.75, 3.05) is 20.2 Å². The number of sulfonamides is 1. The Labute approximate surface area is 150 Å². The highest BCUT2D eigenvalue weighted by Gasteiger charge is 2.25. The van der Waals surface area contributed by atoms with Crippen molar-refractivity contribution in [3.63, 3.8) is 0 Å². The highest BCUT2D eigenvalue weighted by molar-refractivity contribution is 7.89. The molecule has 0 radical (unpaired) electrons. The molecule has 0 bridgehead atoms. The van der Waals surface area contributed by atoms with Crippen molar-refractivity contribution >= 4 is 27.3 Å². The van der Waals surface area contributed by atoms with Crippen molar-refractivity contribution in [2.24, 2.45) is 0 Å². The van der Waals surface area contributed by atoms with Crippen LogP contribution in [0.4, 0.5) is 0 Å². The average Bonchev–Trinajstić information content (AvgIpc) is 3.13. The SMILES string of the molecule is CN(Cc1nccs1)S(=O)(=O)c1ccc2c(c1)CN(C(=O)CO)CC2. The number of aromatic nitrogens is 1. The summed E-state index contributed by atoms with van der Waals surface area (Å²) in [5.41, 5.74) is 1.83. The zero-order valence-electron chi connectivity index (χ0n) is 13.8. The Morgan fingerprint density at radius 1 is 1.40 bits per heavy atom. The maximum absolute atomic E-state index is 12.8. The lowest BCUT2D eigenvalue weighted by molar-refractivity contribution is -0.135. The lowest BCUT2D eigenvalue weighted by atomic mass is 10.00. The van der Waals surface area contributed by atoms with E-state index in [9.17, 15) is 13.2 Å². The van der Waals surface area contributed by atoms with Crippen molar-refractivity contribution in [1.29, 1.82) is 0 Å². The molecule has 0 spiro atoms. The molecule has 0 saturated carbocycles. The molecule has 1 aromatic carbocycles. The van der Waals surface area contributed by atoms with E-state index in [1.54, 1.807) is 29.8 Å². The summed E-state index contributed by atoms with van der Waals surface area (Å²) in [5.74, 6) is -0.347. The van der Waals surface area contributed by atoms with Gasteiger partial charge in [0, 0.05) is 31.7 Å². The van der Waals surface area contributed by atoms with Crippen LogP contribution in [0, 0.1) is 0 Å². The third-order valence-corrected chi connectivity index (χ3v) is 6.79. The van der Waals surface area contributed by atoms with E-state index in [4.69, 9.17) is 5.11 Å². The smallest absolute Gasteiger partial charge is 0.248 e. The first kappa shape index (κ1) is 18.0. The van der Waals surface area contributed by atoms with E-state index in [1.807, 2.05) is 0 Å². The molecule has 0 unspecified atom stereocenters. The largest absolute Gasteiger partial charge is 0.387 e. The Hall–Kier alpha value is -1.81. The molecule has 0 fully saturated rings. The van der Waals surface area contributed by atoms with Crippen LogP contribution < -0.4 is 0 Å². The number of hydrogen-bond donors (Lipinski definition) is 1. The minimum Gasteiger partial charge on any atom is -0.387 e. The van der Waals surface area contributed by atoms with Gasteiger partial charge in [0.25, 0.3) is 0 Å². The highest BCUT2D eigenvalue weighted by Crippen LogP contribution is 2.25. The van der Waals surface area contributed by atoms with Gasteiger partial charge in [0.1, 0.15) is 11.6 Å². The molecule has 2 aromatic rings. The van der Waals surface area contributed by atoms with E-state index in [-0.39, 0.29) is 17.3 Å². The second-order valence-electron chi connectivity index (χ2n) is 5.84. The molecule has 1 aliphatic rings. The van der Waals surface area contributed by atoms with E-state index in [0.717, 1.165) is 16.1 Å². The first-order valence-electron chi connectivity index (χ1n) is 7.77. The van der Waals surface area contributed by atoms with Crippen molar-refractivity contribution in [3.05, 3.63) is 45.9 Å². The second-order valence-corrected chi connectivity index (χ2v) is 8.86. The van der Waals surface area contributed by atoms with Crippen LogP contribution >= 0.6 is 11.3 Å². The highest BCUT2D eigenvalue weighted by atomic mass is 32.2. The van der Waals surface area contributed by atoms with Crippen LogP contribution in [0.5, 0.6) is 0 Å². The summed E-state index contributed by atoms with van der Waals surface area (Å²) in [5, 5.41) is 11.5. The molecule has 1 N–H and O–H groups in total. The zero-order valence-corrected chi connectivity index (χ0v) is 15.4. The fourth-order valence-corrected chi connectivity index (χ4v) is 4.73. The van der Waals surface area contributed by atoms with Crippen LogP contribution in [0.1, 0.15) is 16.1 Å². The molecule has 9 heteroatoms. The third kappa shape index (κ3) is 3.74. The molecular weight excluding hydrogens is 362 g/mol. The maximum atomic E-state index is 12.8. The molecule has 2 heterocycles. The number of rotatable bonds is 5. The van der Waals surface area contributed by atoms with Crippen LogP contribution in [-0.4, -0.2) is 53.8 Å². The van der Waals surface area contributed by atoms with E-state index in [0.29, 0.717) is 19.5 Å². The average molecular weight is 381 g/mol. The lowest BCUT2D eigenvalue weighted by Gasteiger charge is -2.29. The Morgan fingerprint density at radius 2 is 2.20 bits per heavy atom. The number of carbonyl (C=O) groups excluding carboxylic acids is 1. The summed E-state index contributed by atoms with van der Waals surface area (Å²) in [4.78, 5) is 17.5. The van der Waals surface area contributed by atoms with Gasteiger partial charge in [-0.2, -0.15) is 4.31 Å². The van der Waals surface area contributed by atoms with E-state index < -0.39 is 16.6 Å². The standard InChI is InChI=1S/C16H19N3O4S2/c1-18(10-15-17-5-7-24-15)25(22,23)14-3-2-12-4-6-19(16(21)11-20)9-13(12)8-14/h2-3,5,7-8,20H,4,6,9-11H2,1H3. The van der Waals surface area contributed by atoms with Crippen LogP contribution in [0.25, 0.3) is 0 Å². The predicted octanol–water partition coefficient (Wildman–Crippen LogP) is 0.841. The molecule has 25 heavy (non-hydrogen) atoms. The van der Waals surface area contributed by atoms with Gasteiger partial charge < -0.3 is 10.0 Å². The van der Waals surface area contributed by atoms with Gasteiger partial charge in [0.05, 0.1) is 11.4 Å². The zero-order chi connectivity index (χ0) is 18.0. The second kappa shape index (κ2) is 7.20. The summed E-state index contributed by atoms with van der Waals surface area (Å²) in [6.07, 6.45) is 2.29. The van der Waals surface area contributed by atoms with Gasteiger partial charge >= 0.3 is 0 Å². The van der Waals surface area contributed by atoms with Crippen molar-refractivity contribution in [3.8, 4) is 0 Å². The van der Waals surface area contributed by atoms with Crippen LogP contribution in [0.2, 0.25) is 0 Å². The number of nitrogens with zero attached hydrogens (tertiary/aromatic N) is 3. The summed E-state index contributed by atoms with van der Waals surface area (Å²) >= 11 is 1.41. The number of fused-ring (bicyclic) bond motifs is 1. The topological polar surface area (TPSA) is 90.8 Å². The number of carbonyl (C=O) groups is 1. The van der Waals surface area contributed by atoms with Crippen LogP contribution in [0.3, 0.4) is 0 Å². The Balaban J connectivity index is 1.84. The number of thiazole rings is 1. The van der Waals surface area contributed by atoms with Crippen molar-refractivity contribution in [1.82, 2.24) is 14.2 Å². The van der Waals surface area contributed by atoms with Gasteiger partial charge in [0.2, 0.25) is 15.9 Å². The number of amides is 1. The molecule has 134 valence electrons. The Bertz CT molecular complexity index is 866. The van der Waals surface area contributed by atoms with Gasteiger partial charge in [0.15, 0.2) is 0 Å². The monoisotopic (exact) mass is 381 g/mol. The van der Waals surface area contributed by atoms with Crippen molar-refractivity contribution in [2.45, 2.75) is 24.4 Å². The van der Waals surface area contributed by atoms with Crippen LogP contribution in [0.15, 0.2) is 34.7 Å². The quantitative estimate of drug-likeness (QED) is 0.829. The minimum absolute atomic E-state index is 0.198. The molecule has 0 saturated heterocycles. The Kier molecular flexibility index (Phi) is 5.19. The van der Waals surface area contributed by atoms with Gasteiger partial charge in [-0.05, 0) is 29.7 Å². The number of aliphatic hydroxyl groups excluding tert-OH is 1. The van der Waals surface area contributed by atoms with E-state index in [2.05, 4.69) is 4.98 Å². The minimum atomic E-state index is -3.64. The fraction of sp³-hybridized carbons (Fsp3) is 0.375. The molecule has 1 aliphatic heterocycles. The number of aliphatic hydroxyl groups is 1. The van der Waals surface area contributed by atoms with Gasteiger partial charge in [-0.1, -0.05) is 6.07 Å². The van der Waals surface area contributed by atoms with Gasteiger partial charge in [-0.25, -0.2) is 13.4 Å². The summed E-state index contributed by atoms with van der Waals surface area (Å²) in [6, 6.07) is 5.04. The van der Waals surface area contributed by atoms with Gasteiger partial charge in [-0.3, -0.25) is 4.79 Å². The van der Waals surface area contributed by atoms with E-state index >= 15 is 0 Å².